The maximum atomic E-state index is 5.61. The van der Waals surface area contributed by atoms with E-state index >= 15 is 0 Å². The molecule has 0 amide bonds. The molecule has 1 fully saturated rings. The van der Waals surface area contributed by atoms with Crippen molar-refractivity contribution >= 4 is 5.95 Å². The van der Waals surface area contributed by atoms with Gasteiger partial charge in [-0.2, -0.15) is 0 Å². The Morgan fingerprint density at radius 2 is 2.33 bits per heavy atom. The zero-order valence-electron chi connectivity index (χ0n) is 8.89. The van der Waals surface area contributed by atoms with Crippen LogP contribution in [0.4, 0.5) is 5.95 Å². The molecule has 1 saturated heterocycles. The standard InChI is InChI=1S/C10H16N4O/c1-14(10-12-3-2-4-13-10)8-9-7-11-5-6-15-9/h2-4,9,11H,5-8H2,1H3. The Morgan fingerprint density at radius 1 is 1.53 bits per heavy atom. The first-order chi connectivity index (χ1) is 7.36. The fourth-order valence-electron chi connectivity index (χ4n) is 1.61. The molecule has 2 rings (SSSR count). The molecule has 0 radical (unpaired) electrons. The van der Waals surface area contributed by atoms with Gasteiger partial charge in [-0.3, -0.25) is 0 Å². The Labute approximate surface area is 89.5 Å². The van der Waals surface area contributed by atoms with Gasteiger partial charge in [0.2, 0.25) is 5.95 Å². The highest BCUT2D eigenvalue weighted by Crippen LogP contribution is 2.05. The van der Waals surface area contributed by atoms with Crippen molar-refractivity contribution in [3.8, 4) is 0 Å². The van der Waals surface area contributed by atoms with Gasteiger partial charge in [0.05, 0.1) is 12.7 Å². The summed E-state index contributed by atoms with van der Waals surface area (Å²) in [5.74, 6) is 0.742. The lowest BCUT2D eigenvalue weighted by Crippen LogP contribution is -2.44. The van der Waals surface area contributed by atoms with Gasteiger partial charge in [-0.05, 0) is 6.07 Å². The van der Waals surface area contributed by atoms with Crippen LogP contribution in [-0.2, 0) is 4.74 Å². The van der Waals surface area contributed by atoms with Gasteiger partial charge in [0.15, 0.2) is 0 Å². The predicted molar refractivity (Wildman–Crippen MR) is 57.9 cm³/mol. The van der Waals surface area contributed by atoms with E-state index in [1.54, 1.807) is 12.4 Å². The van der Waals surface area contributed by atoms with Gasteiger partial charge in [-0.1, -0.05) is 0 Å². The summed E-state index contributed by atoms with van der Waals surface area (Å²) >= 11 is 0. The maximum Gasteiger partial charge on any atom is 0.225 e. The Hall–Kier alpha value is -1.20. The minimum Gasteiger partial charge on any atom is -0.374 e. The molecule has 5 nitrogen and oxygen atoms in total. The quantitative estimate of drug-likeness (QED) is 0.752. The van der Waals surface area contributed by atoms with E-state index in [-0.39, 0.29) is 6.10 Å². The summed E-state index contributed by atoms with van der Waals surface area (Å²) in [6.45, 7) is 3.45. The van der Waals surface area contributed by atoms with Crippen LogP contribution < -0.4 is 10.2 Å². The molecule has 82 valence electrons. The van der Waals surface area contributed by atoms with E-state index in [2.05, 4.69) is 15.3 Å². The van der Waals surface area contributed by atoms with Crippen LogP contribution in [0.3, 0.4) is 0 Å². The molecule has 1 aliphatic rings. The van der Waals surface area contributed by atoms with Crippen LogP contribution in [0.15, 0.2) is 18.5 Å². The van der Waals surface area contributed by atoms with Crippen LogP contribution >= 0.6 is 0 Å². The van der Waals surface area contributed by atoms with Crippen molar-refractivity contribution < 1.29 is 4.74 Å². The van der Waals surface area contributed by atoms with Crippen LogP contribution in [0.2, 0.25) is 0 Å². The van der Waals surface area contributed by atoms with Gasteiger partial charge in [0.25, 0.3) is 0 Å². The number of morpholine rings is 1. The molecule has 0 bridgehead atoms. The van der Waals surface area contributed by atoms with Gasteiger partial charge in [-0.25, -0.2) is 9.97 Å². The van der Waals surface area contributed by atoms with Crippen molar-refractivity contribution in [2.45, 2.75) is 6.10 Å². The van der Waals surface area contributed by atoms with Crippen molar-refractivity contribution in [2.24, 2.45) is 0 Å². The SMILES string of the molecule is CN(CC1CNCCO1)c1ncccn1. The first-order valence-corrected chi connectivity index (χ1v) is 5.17. The van der Waals surface area contributed by atoms with Crippen molar-refractivity contribution in [3.63, 3.8) is 0 Å². The molecule has 1 atom stereocenters. The van der Waals surface area contributed by atoms with Crippen LogP contribution in [0.1, 0.15) is 0 Å². The molecule has 1 aromatic heterocycles. The van der Waals surface area contributed by atoms with Gasteiger partial charge in [-0.15, -0.1) is 0 Å². The number of anilines is 1. The number of hydrogen-bond acceptors (Lipinski definition) is 5. The van der Waals surface area contributed by atoms with E-state index in [4.69, 9.17) is 4.74 Å². The molecule has 15 heavy (non-hydrogen) atoms. The number of nitrogens with zero attached hydrogens (tertiary/aromatic N) is 3. The van der Waals surface area contributed by atoms with E-state index in [0.29, 0.717) is 0 Å². The molecule has 1 unspecified atom stereocenters. The third-order valence-electron chi connectivity index (χ3n) is 2.38. The second-order valence-electron chi connectivity index (χ2n) is 3.63. The lowest BCUT2D eigenvalue weighted by Gasteiger charge is -2.27. The molecular formula is C10H16N4O. The van der Waals surface area contributed by atoms with Gasteiger partial charge < -0.3 is 15.0 Å². The molecule has 2 heterocycles. The Balaban J connectivity index is 1.88. The lowest BCUT2D eigenvalue weighted by atomic mass is 10.3. The van der Waals surface area contributed by atoms with Crippen molar-refractivity contribution in [1.29, 1.82) is 0 Å². The highest BCUT2D eigenvalue weighted by molar-refractivity contribution is 5.26. The van der Waals surface area contributed by atoms with Gasteiger partial charge in [0, 0.05) is 39.1 Å². The normalized spacial score (nSPS) is 21.3. The Kier molecular flexibility index (Phi) is 3.47. The summed E-state index contributed by atoms with van der Waals surface area (Å²) in [4.78, 5) is 10.4. The van der Waals surface area contributed by atoms with Gasteiger partial charge >= 0.3 is 0 Å². The molecule has 0 aromatic carbocycles. The first-order valence-electron chi connectivity index (χ1n) is 5.17. The van der Waals surface area contributed by atoms with Crippen molar-refractivity contribution in [3.05, 3.63) is 18.5 Å². The molecule has 1 aliphatic heterocycles. The van der Waals surface area contributed by atoms with Crippen LogP contribution in [0, 0.1) is 0 Å². The smallest absolute Gasteiger partial charge is 0.225 e. The Bertz CT molecular complexity index is 287. The van der Waals surface area contributed by atoms with E-state index < -0.39 is 0 Å². The first kappa shape index (κ1) is 10.3. The number of rotatable bonds is 3. The highest BCUT2D eigenvalue weighted by Gasteiger charge is 2.16. The maximum absolute atomic E-state index is 5.61. The average Bonchev–Trinajstić information content (AvgIpc) is 2.31. The second-order valence-corrected chi connectivity index (χ2v) is 3.63. The second kappa shape index (κ2) is 5.04. The minimum atomic E-state index is 0.229. The van der Waals surface area contributed by atoms with Crippen LogP contribution in [0.5, 0.6) is 0 Å². The summed E-state index contributed by atoms with van der Waals surface area (Å²) in [5.41, 5.74) is 0. The number of likely N-dealkylation sites (N-methyl/N-ethyl adjacent to an activating group) is 1. The van der Waals surface area contributed by atoms with E-state index in [1.807, 2.05) is 18.0 Å². The summed E-state index contributed by atoms with van der Waals surface area (Å²) in [5, 5.41) is 3.30. The monoisotopic (exact) mass is 208 g/mol. The number of nitrogens with one attached hydrogen (secondary N) is 1. The average molecular weight is 208 g/mol. The van der Waals surface area contributed by atoms with E-state index in [0.717, 1.165) is 32.2 Å². The predicted octanol–water partition coefficient (Wildman–Crippen LogP) is -0.0988. The van der Waals surface area contributed by atoms with E-state index in [9.17, 15) is 0 Å². The van der Waals surface area contributed by atoms with E-state index in [1.165, 1.54) is 0 Å². The minimum absolute atomic E-state index is 0.229. The third kappa shape index (κ3) is 2.87. The molecule has 1 aromatic rings. The molecular weight excluding hydrogens is 192 g/mol. The summed E-state index contributed by atoms with van der Waals surface area (Å²) in [6.07, 6.45) is 3.73. The zero-order valence-corrected chi connectivity index (χ0v) is 8.89. The lowest BCUT2D eigenvalue weighted by molar-refractivity contribution is 0.0338. The fraction of sp³-hybridized carbons (Fsp3) is 0.600. The summed E-state index contributed by atoms with van der Waals surface area (Å²) in [7, 11) is 1.98. The highest BCUT2D eigenvalue weighted by atomic mass is 16.5. The van der Waals surface area contributed by atoms with Crippen molar-refractivity contribution in [2.75, 3.05) is 38.2 Å². The third-order valence-corrected chi connectivity index (χ3v) is 2.38. The topological polar surface area (TPSA) is 50.3 Å². The zero-order chi connectivity index (χ0) is 10.5. The number of ether oxygens (including phenoxy) is 1. The summed E-state index contributed by atoms with van der Waals surface area (Å²) < 4.78 is 5.61. The van der Waals surface area contributed by atoms with Gasteiger partial charge in [0.1, 0.15) is 0 Å². The molecule has 1 N–H and O–H groups in total. The number of aromatic nitrogens is 2. The summed E-state index contributed by atoms with van der Waals surface area (Å²) in [6, 6.07) is 1.82. The fourth-order valence-corrected chi connectivity index (χ4v) is 1.61. The molecule has 0 aliphatic carbocycles. The largest absolute Gasteiger partial charge is 0.374 e. The molecule has 0 saturated carbocycles. The Morgan fingerprint density at radius 3 is 3.00 bits per heavy atom. The molecule has 0 spiro atoms. The molecule has 5 heteroatoms. The number of hydrogen-bond donors (Lipinski definition) is 1. The van der Waals surface area contributed by atoms with Crippen LogP contribution in [-0.4, -0.2) is 49.4 Å². The van der Waals surface area contributed by atoms with Crippen LogP contribution in [0.25, 0.3) is 0 Å². The van der Waals surface area contributed by atoms with Crippen molar-refractivity contribution in [1.82, 2.24) is 15.3 Å².